The van der Waals surface area contributed by atoms with Gasteiger partial charge in [0.05, 0.1) is 15.9 Å². The Balaban J connectivity index is 2.11. The van der Waals surface area contributed by atoms with Crippen LogP contribution >= 0.6 is 0 Å². The van der Waals surface area contributed by atoms with Gasteiger partial charge in [-0.05, 0) is 21.5 Å². The van der Waals surface area contributed by atoms with Crippen LogP contribution in [0.2, 0.25) is 5.04 Å². The highest BCUT2D eigenvalue weighted by Gasteiger charge is 2.46. The number of hydrogen-bond donors (Lipinski definition) is 1. The van der Waals surface area contributed by atoms with Gasteiger partial charge in [-0.1, -0.05) is 81.4 Å². The highest BCUT2D eigenvalue weighted by molar-refractivity contribution is 7.21. The zero-order chi connectivity index (χ0) is 23.4. The molecule has 0 atom stereocenters. The zero-order valence-electron chi connectivity index (χ0n) is 18.1. The zero-order valence-corrected chi connectivity index (χ0v) is 19.1. The van der Waals surface area contributed by atoms with Gasteiger partial charge in [0.1, 0.15) is 5.69 Å². The molecule has 8 nitrogen and oxygen atoms in total. The summed E-state index contributed by atoms with van der Waals surface area (Å²) in [5, 5.41) is 29.0. The van der Waals surface area contributed by atoms with Crippen LogP contribution in [0.4, 0.5) is 17.1 Å². The van der Waals surface area contributed by atoms with Gasteiger partial charge in [0.2, 0.25) is 0 Å². The van der Waals surface area contributed by atoms with Gasteiger partial charge in [-0.3, -0.25) is 25.7 Å². The van der Waals surface area contributed by atoms with Crippen LogP contribution in [0.15, 0.2) is 84.0 Å². The molecule has 0 aliphatic rings. The molecular formula is C23H24N4O4Si. The third kappa shape index (κ3) is 4.42. The summed E-state index contributed by atoms with van der Waals surface area (Å²) >= 11 is 0. The Labute approximate surface area is 186 Å². The van der Waals surface area contributed by atoms with E-state index >= 15 is 0 Å². The summed E-state index contributed by atoms with van der Waals surface area (Å²) in [5.74, 6) is 1.89. The number of nitrogens with one attached hydrogen (secondary N) is 1. The van der Waals surface area contributed by atoms with Crippen molar-refractivity contribution in [1.82, 2.24) is 0 Å². The van der Waals surface area contributed by atoms with Crippen LogP contribution in [0.3, 0.4) is 0 Å². The van der Waals surface area contributed by atoms with Crippen molar-refractivity contribution in [3.05, 3.63) is 99.1 Å². The summed E-state index contributed by atoms with van der Waals surface area (Å²) in [6.07, 6.45) is 0. The van der Waals surface area contributed by atoms with Gasteiger partial charge in [-0.25, -0.2) is 0 Å². The second-order valence-corrected chi connectivity index (χ2v) is 12.9. The molecule has 0 saturated heterocycles. The van der Waals surface area contributed by atoms with E-state index in [-0.39, 0.29) is 16.4 Å². The molecule has 3 aromatic carbocycles. The van der Waals surface area contributed by atoms with Gasteiger partial charge in [-0.15, -0.1) is 0 Å². The molecule has 0 saturated carbocycles. The quantitative estimate of drug-likeness (QED) is 0.248. The molecule has 0 spiro atoms. The third-order valence-electron chi connectivity index (χ3n) is 5.47. The monoisotopic (exact) mass is 448 g/mol. The first-order valence-electron chi connectivity index (χ1n) is 10.0. The summed E-state index contributed by atoms with van der Waals surface area (Å²) in [7, 11) is -2.61. The lowest BCUT2D eigenvalue weighted by atomic mass is 10.2. The van der Waals surface area contributed by atoms with Gasteiger partial charge >= 0.3 is 5.69 Å². The molecule has 0 unspecified atom stereocenters. The van der Waals surface area contributed by atoms with Crippen LogP contribution in [-0.4, -0.2) is 23.8 Å². The maximum Gasteiger partial charge on any atom is 0.301 e. The molecule has 0 aliphatic carbocycles. The number of benzene rings is 3. The molecule has 0 aromatic heterocycles. The number of hydrogen-bond acceptors (Lipinski definition) is 6. The number of anilines is 1. The fraction of sp³-hybridized carbons (Fsp3) is 0.174. The van der Waals surface area contributed by atoms with Crippen LogP contribution in [-0.2, 0) is 0 Å². The second-order valence-electron chi connectivity index (χ2n) is 8.38. The fourth-order valence-electron chi connectivity index (χ4n) is 3.86. The molecule has 3 rings (SSSR count). The lowest BCUT2D eigenvalue weighted by molar-refractivity contribution is -0.393. The highest BCUT2D eigenvalue weighted by atomic mass is 28.3. The van der Waals surface area contributed by atoms with Crippen molar-refractivity contribution in [2.75, 3.05) is 5.43 Å². The summed E-state index contributed by atoms with van der Waals surface area (Å²) < 4.78 is 0. The standard InChI is InChI=1S/C23H24N4O4Si/c1-23(2,3)32(19-10-6-4-7-11-19,20-12-8-5-9-13-20)17-24-25-21-15-14-18(26(28)29)16-22(21)27(30)31/h4-17,25H,1-3H3/b24-17-. The Hall–Kier alpha value is -3.85. The minimum Gasteiger partial charge on any atom is -0.272 e. The van der Waals surface area contributed by atoms with Gasteiger partial charge < -0.3 is 0 Å². The van der Waals surface area contributed by atoms with Crippen molar-refractivity contribution in [2.45, 2.75) is 25.8 Å². The molecule has 9 heteroatoms. The van der Waals surface area contributed by atoms with Crippen LogP contribution in [0.1, 0.15) is 20.8 Å². The number of nitrogens with zero attached hydrogens (tertiary/aromatic N) is 3. The SMILES string of the molecule is CC(C)(C)[Si](/C=N\Nc1ccc([N+](=O)[O-])cc1[N+](=O)[O-])(c1ccccc1)c1ccccc1. The summed E-state index contributed by atoms with van der Waals surface area (Å²) in [6.45, 7) is 6.50. The third-order valence-corrected chi connectivity index (χ3v) is 10.8. The van der Waals surface area contributed by atoms with Crippen molar-refractivity contribution in [3.8, 4) is 0 Å². The Morgan fingerprint density at radius 3 is 1.81 bits per heavy atom. The largest absolute Gasteiger partial charge is 0.301 e. The van der Waals surface area contributed by atoms with E-state index in [1.165, 1.54) is 12.1 Å². The van der Waals surface area contributed by atoms with Gasteiger partial charge in [0, 0.05) is 11.9 Å². The molecule has 0 radical (unpaired) electrons. The van der Waals surface area contributed by atoms with Gasteiger partial charge in [0.25, 0.3) is 5.69 Å². The Kier molecular flexibility index (Phi) is 6.49. The second kappa shape index (κ2) is 9.11. The first-order valence-corrected chi connectivity index (χ1v) is 12.1. The van der Waals surface area contributed by atoms with Crippen molar-refractivity contribution in [2.24, 2.45) is 5.10 Å². The van der Waals surface area contributed by atoms with E-state index in [1.54, 1.807) is 0 Å². The van der Waals surface area contributed by atoms with Crippen LogP contribution < -0.4 is 15.8 Å². The van der Waals surface area contributed by atoms with E-state index < -0.39 is 23.6 Å². The summed E-state index contributed by atoms with van der Waals surface area (Å²) in [4.78, 5) is 21.1. The molecule has 164 valence electrons. The molecule has 0 bridgehead atoms. The topological polar surface area (TPSA) is 111 Å². The summed E-state index contributed by atoms with van der Waals surface area (Å²) in [6, 6.07) is 23.7. The van der Waals surface area contributed by atoms with Crippen LogP contribution in [0, 0.1) is 20.2 Å². The van der Waals surface area contributed by atoms with Gasteiger partial charge in [-0.2, -0.15) is 5.10 Å². The Bertz CT molecular complexity index is 1110. The fourth-order valence-corrected chi connectivity index (χ4v) is 8.30. The van der Waals surface area contributed by atoms with Crippen molar-refractivity contribution < 1.29 is 9.85 Å². The lowest BCUT2D eigenvalue weighted by Crippen LogP contribution is -2.66. The molecule has 32 heavy (non-hydrogen) atoms. The lowest BCUT2D eigenvalue weighted by Gasteiger charge is -2.40. The van der Waals surface area contributed by atoms with Crippen molar-refractivity contribution >= 4 is 41.3 Å². The first kappa shape index (κ1) is 22.8. The maximum atomic E-state index is 11.5. The van der Waals surface area contributed by atoms with Crippen LogP contribution in [0.5, 0.6) is 0 Å². The van der Waals surface area contributed by atoms with E-state index in [2.05, 4.69) is 55.6 Å². The number of hydrazone groups is 1. The van der Waals surface area contributed by atoms with E-state index in [0.29, 0.717) is 0 Å². The smallest absolute Gasteiger partial charge is 0.272 e. The van der Waals surface area contributed by atoms with E-state index in [0.717, 1.165) is 16.4 Å². The molecule has 1 N–H and O–H groups in total. The Morgan fingerprint density at radius 1 is 0.844 bits per heavy atom. The minimum atomic E-state index is -2.61. The molecule has 0 aliphatic heterocycles. The van der Waals surface area contributed by atoms with Crippen LogP contribution in [0.25, 0.3) is 0 Å². The average Bonchev–Trinajstić information content (AvgIpc) is 2.77. The maximum absolute atomic E-state index is 11.5. The molecule has 0 amide bonds. The van der Waals surface area contributed by atoms with Crippen molar-refractivity contribution in [1.29, 1.82) is 0 Å². The van der Waals surface area contributed by atoms with E-state index in [4.69, 9.17) is 0 Å². The molecule has 0 heterocycles. The molecule has 3 aromatic rings. The number of nitro benzene ring substituents is 2. The molecular weight excluding hydrogens is 424 g/mol. The number of non-ortho nitro benzene ring substituents is 1. The minimum absolute atomic E-state index is 0.0924. The Morgan fingerprint density at radius 2 is 1.38 bits per heavy atom. The van der Waals surface area contributed by atoms with E-state index in [9.17, 15) is 20.2 Å². The average molecular weight is 449 g/mol. The van der Waals surface area contributed by atoms with Crippen molar-refractivity contribution in [3.63, 3.8) is 0 Å². The normalized spacial score (nSPS) is 12.0. The van der Waals surface area contributed by atoms with E-state index in [1.807, 2.05) is 42.2 Å². The number of rotatable bonds is 7. The predicted molar refractivity (Wildman–Crippen MR) is 129 cm³/mol. The number of nitro groups is 2. The summed E-state index contributed by atoms with van der Waals surface area (Å²) in [5.41, 5.74) is 2.11. The first-order chi connectivity index (χ1) is 15.2. The van der Waals surface area contributed by atoms with Gasteiger partial charge in [0.15, 0.2) is 8.07 Å². The highest BCUT2D eigenvalue weighted by Crippen LogP contribution is 2.35. The predicted octanol–water partition coefficient (Wildman–Crippen LogP) is 4.50. The molecule has 0 fully saturated rings.